The number of aryl methyl sites for hydroxylation is 1. The lowest BCUT2D eigenvalue weighted by Crippen LogP contribution is -2.24. The second-order valence-electron chi connectivity index (χ2n) is 9.33. The zero-order valence-electron chi connectivity index (χ0n) is 19.2. The van der Waals surface area contributed by atoms with E-state index < -0.39 is 0 Å². The van der Waals surface area contributed by atoms with Crippen LogP contribution in [0.5, 0.6) is 0 Å². The Morgan fingerprint density at radius 1 is 1.27 bits per heavy atom. The number of nitrogens with zero attached hydrogens (tertiary/aromatic N) is 4. The van der Waals surface area contributed by atoms with Crippen molar-refractivity contribution in [2.45, 2.75) is 51.6 Å². The Bertz CT molecular complexity index is 1350. The first-order valence-electron chi connectivity index (χ1n) is 11.5. The van der Waals surface area contributed by atoms with Gasteiger partial charge in [-0.15, -0.1) is 10.2 Å². The first-order valence-corrected chi connectivity index (χ1v) is 11.9. The molecule has 4 aromatic rings. The molecule has 0 unspecified atom stereocenters. The molecule has 8 heteroatoms. The average molecular weight is 465 g/mol. The van der Waals surface area contributed by atoms with Crippen molar-refractivity contribution >= 4 is 22.5 Å². The fourth-order valence-corrected chi connectivity index (χ4v) is 4.92. The molecule has 0 bridgehead atoms. The topological polar surface area (TPSA) is 80.5 Å². The van der Waals surface area contributed by atoms with Crippen LogP contribution in [0.3, 0.4) is 0 Å². The number of H-pyrrole nitrogens is 1. The van der Waals surface area contributed by atoms with Gasteiger partial charge in [-0.05, 0) is 42.5 Å². The van der Waals surface area contributed by atoms with Gasteiger partial charge in [0.05, 0.1) is 5.02 Å². The molecule has 7 nitrogen and oxygen atoms in total. The van der Waals surface area contributed by atoms with E-state index in [-0.39, 0.29) is 11.5 Å². The van der Waals surface area contributed by atoms with Crippen molar-refractivity contribution in [3.8, 4) is 5.69 Å². The lowest BCUT2D eigenvalue weighted by Gasteiger charge is -2.33. The summed E-state index contributed by atoms with van der Waals surface area (Å²) in [6.45, 7) is 4.83. The van der Waals surface area contributed by atoms with Gasteiger partial charge in [0.2, 0.25) is 0 Å². The molecule has 3 heterocycles. The predicted octanol–water partition coefficient (Wildman–Crippen LogP) is 4.53. The highest BCUT2D eigenvalue weighted by Crippen LogP contribution is 2.42. The first-order chi connectivity index (χ1) is 15.9. The van der Waals surface area contributed by atoms with Crippen molar-refractivity contribution in [1.29, 1.82) is 0 Å². The van der Waals surface area contributed by atoms with Crippen molar-refractivity contribution in [2.75, 3.05) is 0 Å². The fraction of sp³-hybridized carbons (Fsp3) is 0.400. The van der Waals surface area contributed by atoms with Gasteiger partial charge in [0.1, 0.15) is 17.7 Å². The van der Waals surface area contributed by atoms with Gasteiger partial charge >= 0.3 is 0 Å². The number of nitrogens with one attached hydrogen (secondary N) is 2. The van der Waals surface area contributed by atoms with Crippen molar-refractivity contribution in [1.82, 2.24) is 29.6 Å². The molecule has 172 valence electrons. The van der Waals surface area contributed by atoms with E-state index in [1.54, 1.807) is 17.1 Å². The van der Waals surface area contributed by atoms with E-state index >= 15 is 0 Å². The first kappa shape index (κ1) is 21.9. The van der Waals surface area contributed by atoms with Gasteiger partial charge in [-0.1, -0.05) is 44.0 Å². The second-order valence-corrected chi connectivity index (χ2v) is 9.74. The van der Waals surface area contributed by atoms with Crippen molar-refractivity contribution in [3.05, 3.63) is 75.3 Å². The van der Waals surface area contributed by atoms with E-state index in [0.29, 0.717) is 29.0 Å². The molecule has 1 saturated carbocycles. The quantitative estimate of drug-likeness (QED) is 0.421. The van der Waals surface area contributed by atoms with Crippen LogP contribution in [-0.4, -0.2) is 30.4 Å². The zero-order valence-corrected chi connectivity index (χ0v) is 19.9. The van der Waals surface area contributed by atoms with E-state index in [1.165, 1.54) is 19.3 Å². The Labute approximate surface area is 197 Å². The van der Waals surface area contributed by atoms with E-state index in [2.05, 4.69) is 46.5 Å². The number of hydrogen-bond donors (Lipinski definition) is 2. The van der Waals surface area contributed by atoms with Gasteiger partial charge in [-0.3, -0.25) is 9.36 Å². The van der Waals surface area contributed by atoms with E-state index in [1.807, 2.05) is 29.8 Å². The molecule has 1 fully saturated rings. The molecule has 0 saturated heterocycles. The van der Waals surface area contributed by atoms with Crippen molar-refractivity contribution in [2.24, 2.45) is 13.0 Å². The smallest absolute Gasteiger partial charge is 0.279 e. The largest absolute Gasteiger partial charge is 0.353 e. The molecule has 0 amide bonds. The van der Waals surface area contributed by atoms with Crippen molar-refractivity contribution in [3.63, 3.8) is 0 Å². The lowest BCUT2D eigenvalue weighted by atomic mass is 9.72. The molecule has 1 aliphatic rings. The van der Waals surface area contributed by atoms with Gasteiger partial charge in [0.15, 0.2) is 0 Å². The average Bonchev–Trinajstić information content (AvgIpc) is 3.38. The van der Waals surface area contributed by atoms with Crippen LogP contribution in [0, 0.1) is 5.92 Å². The van der Waals surface area contributed by atoms with E-state index in [0.717, 1.165) is 28.2 Å². The number of hydrogen-bond acceptors (Lipinski definition) is 4. The zero-order chi connectivity index (χ0) is 23.1. The Balaban J connectivity index is 1.57. The number of rotatable bonds is 7. The number of fused-ring (bicyclic) bond motifs is 1. The summed E-state index contributed by atoms with van der Waals surface area (Å²) in [6, 6.07) is 10.5. The van der Waals surface area contributed by atoms with Crippen LogP contribution >= 0.6 is 11.6 Å². The highest BCUT2D eigenvalue weighted by molar-refractivity contribution is 6.35. The monoisotopic (exact) mass is 464 g/mol. The molecule has 2 N–H and O–H groups in total. The highest BCUT2D eigenvalue weighted by Gasteiger charge is 2.33. The third kappa shape index (κ3) is 4.11. The summed E-state index contributed by atoms with van der Waals surface area (Å²) in [5.74, 6) is 1.65. The van der Waals surface area contributed by atoms with Gasteiger partial charge in [-0.25, -0.2) is 0 Å². The van der Waals surface area contributed by atoms with Crippen LogP contribution in [0.25, 0.3) is 16.6 Å². The molecule has 3 aromatic heterocycles. The number of aromatic nitrogens is 5. The molecule has 1 aromatic carbocycles. The highest BCUT2D eigenvalue weighted by atomic mass is 35.5. The summed E-state index contributed by atoms with van der Waals surface area (Å²) < 4.78 is 3.63. The normalized spacial score (nSPS) is 15.3. The van der Waals surface area contributed by atoms with Gasteiger partial charge < -0.3 is 14.9 Å². The van der Waals surface area contributed by atoms with Crippen LogP contribution in [-0.2, 0) is 13.6 Å². The summed E-state index contributed by atoms with van der Waals surface area (Å²) in [7, 11) is 1.99. The Hall–Kier alpha value is -2.90. The molecule has 0 spiro atoms. The standard InChI is InChI=1S/C25H29ClN6O/c1-15(2)27-12-18-11-20-21(26)13-32(25(33)23(20)29-18)19-9-5-8-17(10-19)22(16-6-4-7-16)24-30-28-14-31(24)3/h5,8-11,13-16,22,27,29H,4,6-7,12H2,1-3H3/t22-/m1/s1. The van der Waals surface area contributed by atoms with Crippen LogP contribution in [0.15, 0.2) is 47.7 Å². The van der Waals surface area contributed by atoms with Gasteiger partial charge in [-0.2, -0.15) is 0 Å². The van der Waals surface area contributed by atoms with Crippen LogP contribution < -0.4 is 10.9 Å². The predicted molar refractivity (Wildman–Crippen MR) is 131 cm³/mol. The number of benzene rings is 1. The molecular weight excluding hydrogens is 436 g/mol. The maximum Gasteiger partial charge on any atom is 0.279 e. The summed E-state index contributed by atoms with van der Waals surface area (Å²) in [5.41, 5.74) is 3.30. The number of aromatic amines is 1. The summed E-state index contributed by atoms with van der Waals surface area (Å²) in [6.07, 6.45) is 7.06. The minimum absolute atomic E-state index is 0.110. The third-order valence-electron chi connectivity index (χ3n) is 6.66. The van der Waals surface area contributed by atoms with E-state index in [4.69, 9.17) is 11.6 Å². The molecule has 33 heavy (non-hydrogen) atoms. The second kappa shape index (κ2) is 8.80. The minimum atomic E-state index is -0.110. The Morgan fingerprint density at radius 2 is 2.09 bits per heavy atom. The molecule has 1 aliphatic carbocycles. The van der Waals surface area contributed by atoms with Crippen LogP contribution in [0.1, 0.15) is 56.1 Å². The Morgan fingerprint density at radius 3 is 2.76 bits per heavy atom. The molecule has 1 atom stereocenters. The summed E-state index contributed by atoms with van der Waals surface area (Å²) in [5, 5.41) is 13.2. The minimum Gasteiger partial charge on any atom is -0.353 e. The summed E-state index contributed by atoms with van der Waals surface area (Å²) >= 11 is 6.62. The van der Waals surface area contributed by atoms with Gasteiger partial charge in [0.25, 0.3) is 5.56 Å². The van der Waals surface area contributed by atoms with Crippen LogP contribution in [0.4, 0.5) is 0 Å². The third-order valence-corrected chi connectivity index (χ3v) is 6.96. The molecule has 0 aliphatic heterocycles. The van der Waals surface area contributed by atoms with Crippen molar-refractivity contribution < 1.29 is 0 Å². The summed E-state index contributed by atoms with van der Waals surface area (Å²) in [4.78, 5) is 16.7. The maximum atomic E-state index is 13.4. The van der Waals surface area contributed by atoms with Crippen LogP contribution in [0.2, 0.25) is 5.02 Å². The van der Waals surface area contributed by atoms with E-state index in [9.17, 15) is 4.79 Å². The fourth-order valence-electron chi connectivity index (χ4n) is 4.68. The SMILES string of the molecule is CC(C)NCc1cc2c(Cl)cn(-c3cccc([C@H](c4nncn4C)C4CCC4)c3)c(=O)c2[nH]1. The molecule has 0 radical (unpaired) electrons. The van der Waals surface area contributed by atoms with Gasteiger partial charge in [0, 0.05) is 48.5 Å². The number of halogens is 1. The molecular formula is C25H29ClN6O. The number of pyridine rings is 1. The maximum absolute atomic E-state index is 13.4. The Kier molecular flexibility index (Phi) is 5.85. The molecule has 5 rings (SSSR count). The lowest BCUT2D eigenvalue weighted by molar-refractivity contribution is 0.274.